The first kappa shape index (κ1) is 13.7. The van der Waals surface area contributed by atoms with E-state index in [1.165, 1.54) is 0 Å². The molecule has 0 aromatic heterocycles. The maximum absolute atomic E-state index is 9.40. The predicted octanol–water partition coefficient (Wildman–Crippen LogP) is 3.87. The number of aromatic hydroxyl groups is 1. The summed E-state index contributed by atoms with van der Waals surface area (Å²) in [5.74, 6) is 1.86. The third-order valence-corrected chi connectivity index (χ3v) is 3.32. The lowest BCUT2D eigenvalue weighted by Gasteiger charge is -2.11. The number of alkyl halides is 1. The fraction of sp³-hybridized carbons (Fsp3) is 0.200. The van der Waals surface area contributed by atoms with Gasteiger partial charge in [-0.3, -0.25) is 0 Å². The van der Waals surface area contributed by atoms with E-state index in [0.29, 0.717) is 11.9 Å². The molecule has 0 saturated heterocycles. The van der Waals surface area contributed by atoms with Crippen molar-refractivity contribution in [1.82, 2.24) is 0 Å². The topological polar surface area (TPSA) is 38.7 Å². The third kappa shape index (κ3) is 3.64. The largest absolute Gasteiger partial charge is 0.508 e. The normalized spacial score (nSPS) is 10.2. The van der Waals surface area contributed by atoms with Crippen LogP contribution < -0.4 is 9.47 Å². The molecule has 0 aliphatic carbocycles. The van der Waals surface area contributed by atoms with Gasteiger partial charge in [-0.05, 0) is 35.9 Å². The van der Waals surface area contributed by atoms with Gasteiger partial charge in [0.05, 0.1) is 7.11 Å². The second-order valence-electron chi connectivity index (χ2n) is 4.07. The molecule has 0 unspecified atom stereocenters. The molecule has 2 aromatic carbocycles. The summed E-state index contributed by atoms with van der Waals surface area (Å²) in [4.78, 5) is 0. The summed E-state index contributed by atoms with van der Waals surface area (Å²) in [6.07, 6.45) is 0. The lowest BCUT2D eigenvalue weighted by molar-refractivity contribution is 0.302. The molecule has 0 heterocycles. The number of methoxy groups -OCH3 is 1. The standard InChI is InChI=1S/C15H15BrO3/c1-18-14-5-6-15(12(8-14)9-16)19-10-11-3-2-4-13(17)7-11/h2-8,17H,9-10H2,1H3. The van der Waals surface area contributed by atoms with E-state index < -0.39 is 0 Å². The van der Waals surface area contributed by atoms with Crippen LogP contribution in [0.1, 0.15) is 11.1 Å². The minimum Gasteiger partial charge on any atom is -0.508 e. The molecule has 2 rings (SSSR count). The van der Waals surface area contributed by atoms with Gasteiger partial charge in [0.15, 0.2) is 0 Å². The second-order valence-corrected chi connectivity index (χ2v) is 4.63. The summed E-state index contributed by atoms with van der Waals surface area (Å²) in [5.41, 5.74) is 1.95. The zero-order chi connectivity index (χ0) is 13.7. The number of phenols is 1. The number of ether oxygens (including phenoxy) is 2. The van der Waals surface area contributed by atoms with Gasteiger partial charge in [0, 0.05) is 10.9 Å². The quantitative estimate of drug-likeness (QED) is 0.849. The number of benzene rings is 2. The maximum atomic E-state index is 9.40. The summed E-state index contributed by atoms with van der Waals surface area (Å²) in [6, 6.07) is 12.7. The molecule has 100 valence electrons. The highest BCUT2D eigenvalue weighted by atomic mass is 79.9. The zero-order valence-corrected chi connectivity index (χ0v) is 12.2. The van der Waals surface area contributed by atoms with Gasteiger partial charge in [0.25, 0.3) is 0 Å². The Morgan fingerprint density at radius 1 is 1.16 bits per heavy atom. The minimum absolute atomic E-state index is 0.247. The van der Waals surface area contributed by atoms with Crippen LogP contribution in [0.15, 0.2) is 42.5 Å². The van der Waals surface area contributed by atoms with Crippen molar-refractivity contribution in [3.8, 4) is 17.2 Å². The van der Waals surface area contributed by atoms with E-state index in [1.807, 2.05) is 24.3 Å². The first-order valence-electron chi connectivity index (χ1n) is 5.86. The van der Waals surface area contributed by atoms with Crippen LogP contribution in [-0.4, -0.2) is 12.2 Å². The van der Waals surface area contributed by atoms with Crippen molar-refractivity contribution >= 4 is 15.9 Å². The molecule has 0 aliphatic heterocycles. The highest BCUT2D eigenvalue weighted by molar-refractivity contribution is 9.08. The number of phenolic OH excluding ortho intramolecular Hbond substituents is 1. The molecule has 0 radical (unpaired) electrons. The summed E-state index contributed by atoms with van der Waals surface area (Å²) >= 11 is 3.43. The molecular weight excluding hydrogens is 308 g/mol. The fourth-order valence-electron chi connectivity index (χ4n) is 1.74. The number of halogens is 1. The monoisotopic (exact) mass is 322 g/mol. The van der Waals surface area contributed by atoms with E-state index in [9.17, 15) is 5.11 Å². The predicted molar refractivity (Wildman–Crippen MR) is 78.1 cm³/mol. The van der Waals surface area contributed by atoms with E-state index in [1.54, 1.807) is 25.3 Å². The van der Waals surface area contributed by atoms with Gasteiger partial charge in [-0.15, -0.1) is 0 Å². The van der Waals surface area contributed by atoms with Crippen LogP contribution in [0.5, 0.6) is 17.2 Å². The van der Waals surface area contributed by atoms with Gasteiger partial charge in [0.2, 0.25) is 0 Å². The molecule has 3 nitrogen and oxygen atoms in total. The van der Waals surface area contributed by atoms with Gasteiger partial charge >= 0.3 is 0 Å². The molecule has 1 N–H and O–H groups in total. The first-order valence-corrected chi connectivity index (χ1v) is 6.98. The van der Waals surface area contributed by atoms with Crippen molar-refractivity contribution in [2.24, 2.45) is 0 Å². The third-order valence-electron chi connectivity index (χ3n) is 2.72. The molecule has 0 saturated carbocycles. The Morgan fingerprint density at radius 3 is 2.68 bits per heavy atom. The van der Waals surface area contributed by atoms with Gasteiger partial charge in [-0.1, -0.05) is 28.1 Å². The van der Waals surface area contributed by atoms with Crippen molar-refractivity contribution in [3.63, 3.8) is 0 Å². The van der Waals surface area contributed by atoms with E-state index >= 15 is 0 Å². The highest BCUT2D eigenvalue weighted by Gasteiger charge is 2.05. The number of hydrogen-bond donors (Lipinski definition) is 1. The molecule has 2 aromatic rings. The average Bonchev–Trinajstić information content (AvgIpc) is 2.45. The Balaban J connectivity index is 2.11. The maximum Gasteiger partial charge on any atom is 0.124 e. The molecule has 4 heteroatoms. The van der Waals surface area contributed by atoms with Crippen molar-refractivity contribution in [2.75, 3.05) is 7.11 Å². The van der Waals surface area contributed by atoms with Crippen LogP contribution in [0.4, 0.5) is 0 Å². The van der Waals surface area contributed by atoms with Gasteiger partial charge in [0.1, 0.15) is 23.9 Å². The number of hydrogen-bond acceptors (Lipinski definition) is 3. The lowest BCUT2D eigenvalue weighted by atomic mass is 10.2. The van der Waals surface area contributed by atoms with Crippen LogP contribution in [-0.2, 0) is 11.9 Å². The van der Waals surface area contributed by atoms with E-state index in [4.69, 9.17) is 9.47 Å². The molecule has 0 aliphatic rings. The van der Waals surface area contributed by atoms with Crippen LogP contribution in [0.3, 0.4) is 0 Å². The van der Waals surface area contributed by atoms with Gasteiger partial charge in [-0.25, -0.2) is 0 Å². The Hall–Kier alpha value is -1.68. The van der Waals surface area contributed by atoms with E-state index in [2.05, 4.69) is 15.9 Å². The van der Waals surface area contributed by atoms with Gasteiger partial charge < -0.3 is 14.6 Å². The van der Waals surface area contributed by atoms with Crippen molar-refractivity contribution in [1.29, 1.82) is 0 Å². The van der Waals surface area contributed by atoms with E-state index in [0.717, 1.165) is 22.6 Å². The SMILES string of the molecule is COc1ccc(OCc2cccc(O)c2)c(CBr)c1. The highest BCUT2D eigenvalue weighted by Crippen LogP contribution is 2.27. The Kier molecular flexibility index (Phi) is 4.68. The number of rotatable bonds is 5. The van der Waals surface area contributed by atoms with Crippen LogP contribution in [0, 0.1) is 0 Å². The van der Waals surface area contributed by atoms with Crippen molar-refractivity contribution in [2.45, 2.75) is 11.9 Å². The summed E-state index contributed by atoms with van der Waals surface area (Å²) in [5, 5.41) is 10.1. The van der Waals surface area contributed by atoms with Gasteiger partial charge in [-0.2, -0.15) is 0 Å². The second kappa shape index (κ2) is 6.48. The molecule has 0 spiro atoms. The Morgan fingerprint density at radius 2 is 2.00 bits per heavy atom. The minimum atomic E-state index is 0.247. The smallest absolute Gasteiger partial charge is 0.124 e. The molecule has 0 atom stereocenters. The Bertz CT molecular complexity index is 555. The molecular formula is C15H15BrO3. The lowest BCUT2D eigenvalue weighted by Crippen LogP contribution is -1.98. The zero-order valence-electron chi connectivity index (χ0n) is 10.6. The summed E-state index contributed by atoms with van der Waals surface area (Å²) in [6.45, 7) is 0.417. The van der Waals surface area contributed by atoms with Crippen molar-refractivity contribution in [3.05, 3.63) is 53.6 Å². The molecule has 19 heavy (non-hydrogen) atoms. The molecule has 0 bridgehead atoms. The molecule has 0 amide bonds. The first-order chi connectivity index (χ1) is 9.22. The molecule has 0 fully saturated rings. The van der Waals surface area contributed by atoms with Crippen LogP contribution in [0.25, 0.3) is 0 Å². The van der Waals surface area contributed by atoms with Crippen molar-refractivity contribution < 1.29 is 14.6 Å². The summed E-state index contributed by atoms with van der Waals surface area (Å²) in [7, 11) is 1.64. The van der Waals surface area contributed by atoms with Crippen LogP contribution in [0.2, 0.25) is 0 Å². The van der Waals surface area contributed by atoms with E-state index in [-0.39, 0.29) is 5.75 Å². The average molecular weight is 323 g/mol. The summed E-state index contributed by atoms with van der Waals surface area (Å²) < 4.78 is 11.0. The van der Waals surface area contributed by atoms with Crippen LogP contribution >= 0.6 is 15.9 Å². The fourth-order valence-corrected chi connectivity index (χ4v) is 2.17. The Labute approximate surface area is 120 Å².